The summed E-state index contributed by atoms with van der Waals surface area (Å²) in [5, 5.41) is 8.43. The van der Waals surface area contributed by atoms with Gasteiger partial charge in [0.25, 0.3) is 0 Å². The second-order valence-corrected chi connectivity index (χ2v) is 4.72. The highest BCUT2D eigenvalue weighted by Gasteiger charge is 2.14. The summed E-state index contributed by atoms with van der Waals surface area (Å²) in [5.41, 5.74) is 0.841. The van der Waals surface area contributed by atoms with Crippen molar-refractivity contribution in [2.24, 2.45) is 14.1 Å². The largest absolute Gasteiger partial charge is 0.477 e. The molecule has 7 heteroatoms. The third kappa shape index (κ3) is 5.46. The summed E-state index contributed by atoms with van der Waals surface area (Å²) < 4.78 is 7.92. The number of aromatic nitrogens is 2. The average molecular weight is 320 g/mol. The van der Waals surface area contributed by atoms with E-state index in [1.807, 2.05) is 0 Å². The minimum absolute atomic E-state index is 0.189. The van der Waals surface area contributed by atoms with E-state index < -0.39 is 11.9 Å². The van der Waals surface area contributed by atoms with E-state index >= 15 is 0 Å². The molecular weight excluding hydrogens is 300 g/mol. The fourth-order valence-corrected chi connectivity index (χ4v) is 1.87. The molecule has 0 fully saturated rings. The number of Topliss-reactive ketones (excluding diaryl/α,β-unsaturated/α-hetero) is 1. The Kier molecular flexibility index (Phi) is 6.79. The van der Waals surface area contributed by atoms with Crippen molar-refractivity contribution >= 4 is 17.7 Å². The molecule has 0 aliphatic carbocycles. The molecule has 2 rings (SSSR count). The normalized spacial score (nSPS) is 9.70. The summed E-state index contributed by atoms with van der Waals surface area (Å²) in [6.45, 7) is 2.02. The van der Waals surface area contributed by atoms with E-state index in [-0.39, 0.29) is 12.2 Å². The lowest BCUT2D eigenvalue weighted by molar-refractivity contribution is -0.141. The molecule has 0 aromatic carbocycles. The van der Waals surface area contributed by atoms with Gasteiger partial charge in [-0.1, -0.05) is 0 Å². The van der Waals surface area contributed by atoms with E-state index in [9.17, 15) is 14.4 Å². The zero-order valence-electron chi connectivity index (χ0n) is 13.4. The van der Waals surface area contributed by atoms with E-state index in [2.05, 4.69) is 4.74 Å². The van der Waals surface area contributed by atoms with Crippen molar-refractivity contribution < 1.29 is 24.2 Å². The lowest BCUT2D eigenvalue weighted by Gasteiger charge is -2.02. The molecule has 0 aliphatic rings. The van der Waals surface area contributed by atoms with Gasteiger partial charge in [-0.2, -0.15) is 0 Å². The number of carbonyl (C=O) groups is 3. The summed E-state index contributed by atoms with van der Waals surface area (Å²) in [5.74, 6) is -1.57. The minimum atomic E-state index is -0.887. The van der Waals surface area contributed by atoms with Crippen LogP contribution in [0.5, 0.6) is 0 Å². The van der Waals surface area contributed by atoms with Gasteiger partial charge in [-0.15, -0.1) is 0 Å². The van der Waals surface area contributed by atoms with Gasteiger partial charge in [-0.05, 0) is 31.2 Å². The number of carbonyl (C=O) groups excluding carboxylic acids is 2. The standard InChI is InChI=1S/C10H13NO3.C6H7NO2/c1-3-14-10(13)7-9(12)8-5-4-6-11(8)2;1-7-4-2-3-5(7)6(8)9/h4-6H,3,7H2,1-2H3;2-4H,1H3,(H,8,9). The van der Waals surface area contributed by atoms with Crippen LogP contribution in [0.1, 0.15) is 34.3 Å². The van der Waals surface area contributed by atoms with E-state index in [0.717, 1.165) is 0 Å². The fourth-order valence-electron chi connectivity index (χ4n) is 1.87. The second-order valence-electron chi connectivity index (χ2n) is 4.72. The number of nitrogens with zero attached hydrogens (tertiary/aromatic N) is 2. The highest BCUT2D eigenvalue weighted by molar-refractivity contribution is 6.05. The predicted octanol–water partition coefficient (Wildman–Crippen LogP) is 1.88. The van der Waals surface area contributed by atoms with Crippen LogP contribution in [0, 0.1) is 0 Å². The number of aryl methyl sites for hydroxylation is 2. The number of hydrogen-bond acceptors (Lipinski definition) is 4. The quantitative estimate of drug-likeness (QED) is 0.516. The van der Waals surface area contributed by atoms with Crippen molar-refractivity contribution in [3.05, 3.63) is 48.0 Å². The van der Waals surface area contributed by atoms with Gasteiger partial charge in [0, 0.05) is 26.5 Å². The van der Waals surface area contributed by atoms with Crippen LogP contribution in [-0.2, 0) is 23.6 Å². The Bertz CT molecular complexity index is 684. The van der Waals surface area contributed by atoms with Crippen LogP contribution in [0.25, 0.3) is 0 Å². The zero-order valence-corrected chi connectivity index (χ0v) is 13.4. The molecule has 0 spiro atoms. The van der Waals surface area contributed by atoms with Gasteiger partial charge in [0.15, 0.2) is 5.78 Å². The molecule has 124 valence electrons. The third-order valence-corrected chi connectivity index (χ3v) is 3.00. The second kappa shape index (κ2) is 8.57. The Balaban J connectivity index is 0.000000253. The van der Waals surface area contributed by atoms with Gasteiger partial charge in [0.2, 0.25) is 0 Å². The number of esters is 1. The summed E-state index contributed by atoms with van der Waals surface area (Å²) in [7, 11) is 3.46. The van der Waals surface area contributed by atoms with Crippen LogP contribution < -0.4 is 0 Å². The van der Waals surface area contributed by atoms with E-state index in [1.165, 1.54) is 0 Å². The number of ether oxygens (including phenoxy) is 1. The Morgan fingerprint density at radius 1 is 1.04 bits per heavy atom. The number of ketones is 1. The van der Waals surface area contributed by atoms with Gasteiger partial charge < -0.3 is 19.0 Å². The topological polar surface area (TPSA) is 90.5 Å². The van der Waals surface area contributed by atoms with Gasteiger partial charge in [-0.25, -0.2) is 4.79 Å². The summed E-state index contributed by atoms with van der Waals surface area (Å²) in [6.07, 6.45) is 3.27. The van der Waals surface area contributed by atoms with Crippen molar-refractivity contribution in [1.29, 1.82) is 0 Å². The molecule has 0 aliphatic heterocycles. The zero-order chi connectivity index (χ0) is 17.4. The van der Waals surface area contributed by atoms with Crippen molar-refractivity contribution in [2.75, 3.05) is 6.61 Å². The first-order valence-corrected chi connectivity index (χ1v) is 7.01. The predicted molar refractivity (Wildman–Crippen MR) is 83.4 cm³/mol. The molecule has 0 atom stereocenters. The molecule has 0 radical (unpaired) electrons. The van der Waals surface area contributed by atoms with Gasteiger partial charge >= 0.3 is 11.9 Å². The van der Waals surface area contributed by atoms with Gasteiger partial charge in [-0.3, -0.25) is 9.59 Å². The minimum Gasteiger partial charge on any atom is -0.477 e. The van der Waals surface area contributed by atoms with Crippen LogP contribution in [0.15, 0.2) is 36.7 Å². The van der Waals surface area contributed by atoms with Crippen LogP contribution in [-0.4, -0.2) is 38.6 Å². The molecule has 0 saturated carbocycles. The molecule has 7 nitrogen and oxygen atoms in total. The Morgan fingerprint density at radius 2 is 1.57 bits per heavy atom. The number of aromatic carboxylic acids is 1. The first kappa shape index (κ1) is 18.2. The molecular formula is C16H20N2O5. The highest BCUT2D eigenvalue weighted by atomic mass is 16.5. The lowest BCUT2D eigenvalue weighted by Crippen LogP contribution is -2.13. The highest BCUT2D eigenvalue weighted by Crippen LogP contribution is 2.04. The van der Waals surface area contributed by atoms with Crippen LogP contribution >= 0.6 is 0 Å². The SMILES string of the molecule is CCOC(=O)CC(=O)c1cccn1C.Cn1cccc1C(=O)O. The van der Waals surface area contributed by atoms with E-state index in [4.69, 9.17) is 5.11 Å². The number of carboxylic acid groups (broad SMARTS) is 1. The summed E-state index contributed by atoms with van der Waals surface area (Å²) in [4.78, 5) is 32.8. The molecule has 2 aromatic rings. The maximum Gasteiger partial charge on any atom is 0.352 e. The van der Waals surface area contributed by atoms with Crippen molar-refractivity contribution in [3.8, 4) is 0 Å². The fraction of sp³-hybridized carbons (Fsp3) is 0.312. The molecule has 1 N–H and O–H groups in total. The monoisotopic (exact) mass is 320 g/mol. The molecule has 0 bridgehead atoms. The Hall–Kier alpha value is -2.83. The molecule has 2 aromatic heterocycles. The van der Waals surface area contributed by atoms with Gasteiger partial charge in [0.05, 0.1) is 12.3 Å². The van der Waals surface area contributed by atoms with Crippen LogP contribution in [0.4, 0.5) is 0 Å². The Labute approximate surface area is 134 Å². The number of hydrogen-bond donors (Lipinski definition) is 1. The van der Waals surface area contributed by atoms with Crippen molar-refractivity contribution in [1.82, 2.24) is 9.13 Å². The van der Waals surface area contributed by atoms with Crippen LogP contribution in [0.2, 0.25) is 0 Å². The average Bonchev–Trinajstić information content (AvgIpc) is 3.08. The van der Waals surface area contributed by atoms with Gasteiger partial charge in [0.1, 0.15) is 12.1 Å². The summed E-state index contributed by atoms with van der Waals surface area (Å²) >= 11 is 0. The number of carboxylic acids is 1. The molecule has 0 unspecified atom stereocenters. The van der Waals surface area contributed by atoms with E-state index in [1.54, 1.807) is 66.8 Å². The summed E-state index contributed by atoms with van der Waals surface area (Å²) in [6, 6.07) is 6.70. The molecule has 0 saturated heterocycles. The maximum absolute atomic E-state index is 11.5. The third-order valence-electron chi connectivity index (χ3n) is 3.00. The van der Waals surface area contributed by atoms with Crippen molar-refractivity contribution in [2.45, 2.75) is 13.3 Å². The Morgan fingerprint density at radius 3 is 1.91 bits per heavy atom. The smallest absolute Gasteiger partial charge is 0.352 e. The van der Waals surface area contributed by atoms with Crippen LogP contribution in [0.3, 0.4) is 0 Å². The molecule has 0 amide bonds. The van der Waals surface area contributed by atoms with Crippen molar-refractivity contribution in [3.63, 3.8) is 0 Å². The van der Waals surface area contributed by atoms with E-state index in [0.29, 0.717) is 18.0 Å². The molecule has 23 heavy (non-hydrogen) atoms. The first-order valence-electron chi connectivity index (χ1n) is 7.01. The number of rotatable bonds is 5. The maximum atomic E-state index is 11.5. The lowest BCUT2D eigenvalue weighted by atomic mass is 10.2. The first-order chi connectivity index (χ1) is 10.9. The molecule has 2 heterocycles.